The van der Waals surface area contributed by atoms with E-state index in [9.17, 15) is 8.42 Å². The monoisotopic (exact) mass is 393 g/mol. The molecule has 3 aromatic rings. The first-order valence-corrected chi connectivity index (χ1v) is 10.1. The van der Waals surface area contributed by atoms with E-state index in [0.29, 0.717) is 6.54 Å². The number of benzene rings is 1. The van der Waals surface area contributed by atoms with E-state index >= 15 is 0 Å². The average molecular weight is 394 g/mol. The number of nitrogens with one attached hydrogen (secondary N) is 1. The lowest BCUT2D eigenvalue weighted by atomic mass is 9.93. The molecule has 0 aliphatic rings. The predicted octanol–water partition coefficient (Wildman–Crippen LogP) is 2.66. The van der Waals surface area contributed by atoms with Gasteiger partial charge in [-0.25, -0.2) is 4.52 Å². The maximum Gasteiger partial charge on any atom is 0.294 e. The van der Waals surface area contributed by atoms with Crippen LogP contribution >= 0.6 is 0 Å². The third-order valence-corrected chi connectivity index (χ3v) is 5.01. The molecule has 2 aromatic heterocycles. The summed E-state index contributed by atoms with van der Waals surface area (Å²) in [5, 5.41) is 11.6. The molecule has 1 aromatic carbocycles. The Morgan fingerprint density at radius 3 is 2.30 bits per heavy atom. The van der Waals surface area contributed by atoms with Gasteiger partial charge in [-0.2, -0.15) is 8.42 Å². The minimum Gasteiger partial charge on any atom is -0.330 e. The Morgan fingerprint density at radius 2 is 1.81 bits per heavy atom. The number of fused-ring (bicyclic) bond motifs is 1. The summed E-state index contributed by atoms with van der Waals surface area (Å²) in [6, 6.07) is 8.03. The fourth-order valence-electron chi connectivity index (χ4n) is 2.32. The number of aromatic nitrogens is 4. The van der Waals surface area contributed by atoms with E-state index in [2.05, 4.69) is 36.1 Å². The van der Waals surface area contributed by atoms with Crippen molar-refractivity contribution < 1.29 is 13.0 Å². The maximum absolute atomic E-state index is 10.5. The van der Waals surface area contributed by atoms with E-state index < -0.39 is 10.1 Å². The van der Waals surface area contributed by atoms with Crippen molar-refractivity contribution in [2.45, 2.75) is 50.8 Å². The van der Waals surface area contributed by atoms with Crippen LogP contribution in [0.4, 0.5) is 0 Å². The Labute approximate surface area is 159 Å². The molecule has 148 valence electrons. The van der Waals surface area contributed by atoms with Gasteiger partial charge in [-0.15, -0.1) is 10.2 Å². The zero-order chi connectivity index (χ0) is 20.4. The van der Waals surface area contributed by atoms with Crippen LogP contribution in [0.5, 0.6) is 0 Å². The molecular formula is C18H27N5O3S. The molecular weight excluding hydrogens is 366 g/mol. The molecule has 0 aliphatic heterocycles. The van der Waals surface area contributed by atoms with E-state index in [1.165, 1.54) is 12.1 Å². The quantitative estimate of drug-likeness (QED) is 0.587. The summed E-state index contributed by atoms with van der Waals surface area (Å²) in [4.78, 5) is -0.0666. The van der Waals surface area contributed by atoms with Crippen LogP contribution in [-0.2, 0) is 15.5 Å². The Kier molecular flexibility index (Phi) is 6.08. The number of hydrogen-bond donors (Lipinski definition) is 3. The van der Waals surface area contributed by atoms with Crippen molar-refractivity contribution in [3.63, 3.8) is 0 Å². The summed E-state index contributed by atoms with van der Waals surface area (Å²) < 4.78 is 31.5. The Morgan fingerprint density at radius 1 is 1.22 bits per heavy atom. The number of nitrogens with zero attached hydrogens (tertiary/aromatic N) is 3. The van der Waals surface area contributed by atoms with E-state index in [1.54, 1.807) is 12.1 Å². The fourth-order valence-corrected chi connectivity index (χ4v) is 2.80. The molecule has 0 aliphatic carbocycles. The molecule has 4 N–H and O–H groups in total. The van der Waals surface area contributed by atoms with Crippen molar-refractivity contribution in [3.8, 4) is 0 Å². The Bertz CT molecular complexity index is 998. The fraction of sp³-hybridized carbons (Fsp3) is 0.444. The van der Waals surface area contributed by atoms with Crippen molar-refractivity contribution in [1.29, 1.82) is 0 Å². The van der Waals surface area contributed by atoms with Crippen LogP contribution in [0.15, 0.2) is 35.2 Å². The summed E-state index contributed by atoms with van der Waals surface area (Å²) >= 11 is 0. The second-order valence-electron chi connectivity index (χ2n) is 7.60. The molecule has 2 heterocycles. The van der Waals surface area contributed by atoms with Gasteiger partial charge in [0.05, 0.1) is 4.90 Å². The maximum atomic E-state index is 10.5. The first-order valence-electron chi connectivity index (χ1n) is 8.62. The molecule has 0 fully saturated rings. The van der Waals surface area contributed by atoms with Gasteiger partial charge in [0.25, 0.3) is 10.1 Å². The van der Waals surface area contributed by atoms with Crippen LogP contribution < -0.4 is 5.73 Å². The SMILES string of the molecule is CC(CN)c1nnc2cc(C(C)(C)C)[nH]n12.Cc1ccc(S(=O)(=O)O)cc1. The number of H-pyrrole nitrogens is 1. The van der Waals surface area contributed by atoms with Gasteiger partial charge in [-0.1, -0.05) is 45.4 Å². The van der Waals surface area contributed by atoms with Gasteiger partial charge in [0, 0.05) is 29.6 Å². The minimum atomic E-state index is -4.02. The van der Waals surface area contributed by atoms with E-state index in [4.69, 9.17) is 10.3 Å². The first-order chi connectivity index (χ1) is 12.4. The summed E-state index contributed by atoms with van der Waals surface area (Å²) in [6.45, 7) is 11.0. The minimum absolute atomic E-state index is 0.0666. The zero-order valence-corrected chi connectivity index (χ0v) is 17.1. The highest BCUT2D eigenvalue weighted by molar-refractivity contribution is 7.85. The van der Waals surface area contributed by atoms with Crippen LogP contribution in [0, 0.1) is 6.92 Å². The van der Waals surface area contributed by atoms with Gasteiger partial charge >= 0.3 is 0 Å². The third kappa shape index (κ3) is 5.15. The predicted molar refractivity (Wildman–Crippen MR) is 105 cm³/mol. The van der Waals surface area contributed by atoms with Gasteiger partial charge in [0.2, 0.25) is 0 Å². The molecule has 9 heteroatoms. The molecule has 0 amide bonds. The van der Waals surface area contributed by atoms with Gasteiger partial charge in [-0.05, 0) is 19.1 Å². The van der Waals surface area contributed by atoms with Gasteiger partial charge < -0.3 is 5.73 Å². The molecule has 3 rings (SSSR count). The Balaban J connectivity index is 0.000000208. The molecule has 0 bridgehead atoms. The van der Waals surface area contributed by atoms with Crippen molar-refractivity contribution in [2.75, 3.05) is 6.54 Å². The van der Waals surface area contributed by atoms with Crippen molar-refractivity contribution in [1.82, 2.24) is 19.8 Å². The van der Waals surface area contributed by atoms with Crippen molar-refractivity contribution in [3.05, 3.63) is 47.4 Å². The molecule has 0 saturated carbocycles. The van der Waals surface area contributed by atoms with Crippen molar-refractivity contribution >= 4 is 15.8 Å². The summed E-state index contributed by atoms with van der Waals surface area (Å²) in [5.41, 5.74) is 8.71. The molecule has 0 saturated heterocycles. The normalized spacial score (nSPS) is 13.3. The molecule has 0 radical (unpaired) electrons. The van der Waals surface area contributed by atoms with Gasteiger partial charge in [0.15, 0.2) is 11.5 Å². The van der Waals surface area contributed by atoms with Gasteiger partial charge in [-0.3, -0.25) is 9.65 Å². The lowest BCUT2D eigenvalue weighted by Gasteiger charge is -2.15. The lowest BCUT2D eigenvalue weighted by molar-refractivity contribution is 0.483. The number of hydrogen-bond acceptors (Lipinski definition) is 5. The molecule has 8 nitrogen and oxygen atoms in total. The first kappa shape index (κ1) is 21.1. The van der Waals surface area contributed by atoms with Crippen LogP contribution in [0.1, 0.15) is 50.7 Å². The van der Waals surface area contributed by atoms with Crippen molar-refractivity contribution in [2.24, 2.45) is 5.73 Å². The molecule has 1 unspecified atom stereocenters. The smallest absolute Gasteiger partial charge is 0.294 e. The molecule has 0 spiro atoms. The Hall–Kier alpha value is -2.23. The molecule has 27 heavy (non-hydrogen) atoms. The van der Waals surface area contributed by atoms with Gasteiger partial charge in [0.1, 0.15) is 0 Å². The van der Waals surface area contributed by atoms with Crippen LogP contribution in [0.2, 0.25) is 0 Å². The number of aromatic amines is 1. The highest BCUT2D eigenvalue weighted by Crippen LogP contribution is 2.23. The third-order valence-electron chi connectivity index (χ3n) is 4.14. The van der Waals surface area contributed by atoms with E-state index in [1.807, 2.05) is 24.4 Å². The van der Waals surface area contributed by atoms with Crippen LogP contribution in [-0.4, -0.2) is 39.3 Å². The second kappa shape index (κ2) is 7.79. The standard InChI is InChI=1S/C11H19N5.C7H8O3S/c1-7(6-12)10-14-13-9-5-8(11(2,3)4)15-16(9)10;1-6-2-4-7(5-3-6)11(8,9)10/h5,7,15H,6,12H2,1-4H3;2-5H,1H3,(H,8,9,10). The topological polar surface area (TPSA) is 126 Å². The second-order valence-corrected chi connectivity index (χ2v) is 9.02. The van der Waals surface area contributed by atoms with E-state index in [-0.39, 0.29) is 16.2 Å². The summed E-state index contributed by atoms with van der Waals surface area (Å²) in [7, 11) is -4.02. The summed E-state index contributed by atoms with van der Waals surface area (Å²) in [6.07, 6.45) is 0. The largest absolute Gasteiger partial charge is 0.330 e. The number of nitrogens with two attached hydrogens (primary N) is 1. The molecule has 1 atom stereocenters. The lowest BCUT2D eigenvalue weighted by Crippen LogP contribution is -2.15. The zero-order valence-electron chi connectivity index (χ0n) is 16.3. The highest BCUT2D eigenvalue weighted by atomic mass is 32.2. The highest BCUT2D eigenvalue weighted by Gasteiger charge is 2.20. The number of aryl methyl sites for hydroxylation is 1. The van der Waals surface area contributed by atoms with E-state index in [0.717, 1.165) is 22.7 Å². The summed E-state index contributed by atoms with van der Waals surface area (Å²) in [5.74, 6) is 1.11. The number of rotatable bonds is 3. The van der Waals surface area contributed by atoms with Crippen LogP contribution in [0.3, 0.4) is 0 Å². The average Bonchev–Trinajstić information content (AvgIpc) is 3.14. The van der Waals surface area contributed by atoms with Crippen LogP contribution in [0.25, 0.3) is 5.65 Å².